The van der Waals surface area contributed by atoms with Crippen LogP contribution in [0.4, 0.5) is 0 Å². The largest absolute Gasteiger partial charge is 0.337 e. The molecule has 2 heterocycles. The van der Waals surface area contributed by atoms with E-state index in [4.69, 9.17) is 0 Å². The Hall–Kier alpha value is -0.810. The van der Waals surface area contributed by atoms with E-state index in [-0.39, 0.29) is 24.8 Å². The summed E-state index contributed by atoms with van der Waals surface area (Å²) in [5.41, 5.74) is 1.35. The molecule has 2 atom stereocenters. The van der Waals surface area contributed by atoms with Gasteiger partial charge in [-0.05, 0) is 31.9 Å². The Morgan fingerprint density at radius 2 is 1.96 bits per heavy atom. The van der Waals surface area contributed by atoms with E-state index < -0.39 is 0 Å². The van der Waals surface area contributed by atoms with Crippen molar-refractivity contribution in [2.45, 2.75) is 44.8 Å². The van der Waals surface area contributed by atoms with E-state index in [0.717, 1.165) is 39.1 Å². The number of benzene rings is 1. The van der Waals surface area contributed by atoms with E-state index in [1.807, 2.05) is 0 Å². The Kier molecular flexibility index (Phi) is 9.06. The molecule has 0 spiro atoms. The SMILES string of the molecule is CC1CN(Cc2ccccc2)CCN1C(=O)CC1CCCN1.Cl.Cl. The van der Waals surface area contributed by atoms with Crippen molar-refractivity contribution in [1.29, 1.82) is 0 Å². The van der Waals surface area contributed by atoms with Crippen molar-refractivity contribution >= 4 is 30.7 Å². The highest BCUT2D eigenvalue weighted by molar-refractivity contribution is 5.85. The molecule has 1 amide bonds. The predicted molar refractivity (Wildman–Crippen MR) is 103 cm³/mol. The molecule has 2 unspecified atom stereocenters. The van der Waals surface area contributed by atoms with Gasteiger partial charge < -0.3 is 10.2 Å². The second-order valence-electron chi connectivity index (χ2n) is 6.65. The summed E-state index contributed by atoms with van der Waals surface area (Å²) < 4.78 is 0. The molecule has 2 fully saturated rings. The molecular formula is C18H29Cl2N3O. The second kappa shape index (κ2) is 10.2. The lowest BCUT2D eigenvalue weighted by molar-refractivity contribution is -0.136. The van der Waals surface area contributed by atoms with Crippen LogP contribution in [-0.4, -0.2) is 54.0 Å². The van der Waals surface area contributed by atoms with E-state index in [2.05, 4.69) is 52.4 Å². The third kappa shape index (κ3) is 5.62. The van der Waals surface area contributed by atoms with Gasteiger partial charge in [-0.3, -0.25) is 9.69 Å². The van der Waals surface area contributed by atoms with Gasteiger partial charge in [-0.15, -0.1) is 24.8 Å². The number of hydrogen-bond donors (Lipinski definition) is 1. The average molecular weight is 374 g/mol. The van der Waals surface area contributed by atoms with Crippen LogP contribution < -0.4 is 5.32 Å². The van der Waals surface area contributed by atoms with Gasteiger partial charge >= 0.3 is 0 Å². The van der Waals surface area contributed by atoms with Gasteiger partial charge in [0.2, 0.25) is 5.91 Å². The zero-order chi connectivity index (χ0) is 15.4. The molecule has 1 aromatic carbocycles. The molecule has 0 radical (unpaired) electrons. The van der Waals surface area contributed by atoms with Gasteiger partial charge in [0.1, 0.15) is 0 Å². The smallest absolute Gasteiger partial charge is 0.224 e. The third-order valence-corrected chi connectivity index (χ3v) is 4.86. The number of rotatable bonds is 4. The molecule has 0 bridgehead atoms. The summed E-state index contributed by atoms with van der Waals surface area (Å²) in [5.74, 6) is 0.325. The highest BCUT2D eigenvalue weighted by Gasteiger charge is 2.29. The molecule has 0 aromatic heterocycles. The van der Waals surface area contributed by atoms with E-state index in [9.17, 15) is 4.79 Å². The molecule has 4 nitrogen and oxygen atoms in total. The van der Waals surface area contributed by atoms with Crippen molar-refractivity contribution < 1.29 is 4.79 Å². The fraction of sp³-hybridized carbons (Fsp3) is 0.611. The number of halogens is 2. The monoisotopic (exact) mass is 373 g/mol. The molecule has 136 valence electrons. The van der Waals surface area contributed by atoms with Gasteiger partial charge in [-0.1, -0.05) is 30.3 Å². The average Bonchev–Trinajstić information content (AvgIpc) is 3.01. The van der Waals surface area contributed by atoms with Crippen LogP contribution in [0.2, 0.25) is 0 Å². The van der Waals surface area contributed by atoms with Crippen LogP contribution in [0.3, 0.4) is 0 Å². The molecule has 6 heteroatoms. The molecular weight excluding hydrogens is 345 g/mol. The number of nitrogens with one attached hydrogen (secondary N) is 1. The molecule has 0 saturated carbocycles. The summed E-state index contributed by atoms with van der Waals surface area (Å²) in [6.45, 7) is 7.04. The maximum Gasteiger partial charge on any atom is 0.224 e. The van der Waals surface area contributed by atoms with Gasteiger partial charge in [0, 0.05) is 44.7 Å². The first kappa shape index (κ1) is 21.2. The van der Waals surface area contributed by atoms with E-state index in [0.29, 0.717) is 24.4 Å². The highest BCUT2D eigenvalue weighted by atomic mass is 35.5. The quantitative estimate of drug-likeness (QED) is 0.880. The van der Waals surface area contributed by atoms with Crippen LogP contribution in [0.25, 0.3) is 0 Å². The van der Waals surface area contributed by atoms with Crippen LogP contribution in [0.5, 0.6) is 0 Å². The van der Waals surface area contributed by atoms with E-state index >= 15 is 0 Å². The Morgan fingerprint density at radius 1 is 1.21 bits per heavy atom. The lowest BCUT2D eigenvalue weighted by Crippen LogP contribution is -2.54. The van der Waals surface area contributed by atoms with Gasteiger partial charge in [0.15, 0.2) is 0 Å². The maximum absolute atomic E-state index is 12.5. The topological polar surface area (TPSA) is 35.6 Å². The minimum absolute atomic E-state index is 0. The minimum Gasteiger partial charge on any atom is -0.337 e. The number of hydrogen-bond acceptors (Lipinski definition) is 3. The molecule has 2 saturated heterocycles. The molecule has 1 aromatic rings. The fourth-order valence-electron chi connectivity index (χ4n) is 3.65. The van der Waals surface area contributed by atoms with Gasteiger partial charge in [-0.25, -0.2) is 0 Å². The maximum atomic E-state index is 12.5. The summed E-state index contributed by atoms with van der Waals surface area (Å²) in [6, 6.07) is 11.3. The van der Waals surface area contributed by atoms with Crippen LogP contribution in [0.15, 0.2) is 30.3 Å². The molecule has 2 aliphatic rings. The first-order chi connectivity index (χ1) is 10.7. The molecule has 0 aliphatic carbocycles. The van der Waals surface area contributed by atoms with Crippen molar-refractivity contribution in [2.75, 3.05) is 26.2 Å². The number of piperazine rings is 1. The van der Waals surface area contributed by atoms with Gasteiger partial charge in [-0.2, -0.15) is 0 Å². The lowest BCUT2D eigenvalue weighted by Gasteiger charge is -2.40. The zero-order valence-electron chi connectivity index (χ0n) is 14.3. The van der Waals surface area contributed by atoms with E-state index in [1.165, 1.54) is 12.0 Å². The van der Waals surface area contributed by atoms with Crippen molar-refractivity contribution in [2.24, 2.45) is 0 Å². The summed E-state index contributed by atoms with van der Waals surface area (Å²) in [5, 5.41) is 3.42. The van der Waals surface area contributed by atoms with Crippen LogP contribution in [0, 0.1) is 0 Å². The van der Waals surface area contributed by atoms with Crippen LogP contribution in [-0.2, 0) is 11.3 Å². The molecule has 24 heavy (non-hydrogen) atoms. The van der Waals surface area contributed by atoms with Crippen LogP contribution in [0.1, 0.15) is 31.7 Å². The highest BCUT2D eigenvalue weighted by Crippen LogP contribution is 2.16. The second-order valence-corrected chi connectivity index (χ2v) is 6.65. The van der Waals surface area contributed by atoms with Gasteiger partial charge in [0.25, 0.3) is 0 Å². The molecule has 3 rings (SSSR count). The fourth-order valence-corrected chi connectivity index (χ4v) is 3.65. The molecule has 1 N–H and O–H groups in total. The lowest BCUT2D eigenvalue weighted by atomic mass is 10.1. The first-order valence-corrected chi connectivity index (χ1v) is 8.51. The Labute approximate surface area is 157 Å². The van der Waals surface area contributed by atoms with Crippen molar-refractivity contribution in [1.82, 2.24) is 15.1 Å². The van der Waals surface area contributed by atoms with Crippen molar-refractivity contribution in [3.63, 3.8) is 0 Å². The number of carbonyl (C=O) groups excluding carboxylic acids is 1. The zero-order valence-corrected chi connectivity index (χ0v) is 16.0. The summed E-state index contributed by atoms with van der Waals surface area (Å²) in [6.07, 6.45) is 3.02. The van der Waals surface area contributed by atoms with Crippen molar-refractivity contribution in [3.05, 3.63) is 35.9 Å². The Bertz CT molecular complexity index is 494. The third-order valence-electron chi connectivity index (χ3n) is 4.86. The van der Waals surface area contributed by atoms with Crippen LogP contribution >= 0.6 is 24.8 Å². The summed E-state index contributed by atoms with van der Waals surface area (Å²) >= 11 is 0. The van der Waals surface area contributed by atoms with E-state index in [1.54, 1.807) is 0 Å². The van der Waals surface area contributed by atoms with Gasteiger partial charge in [0.05, 0.1) is 0 Å². The number of carbonyl (C=O) groups is 1. The first-order valence-electron chi connectivity index (χ1n) is 8.51. The standard InChI is InChI=1S/C18H27N3O.2ClH/c1-15-13-20(14-16-6-3-2-4-7-16)10-11-21(15)18(22)12-17-8-5-9-19-17;;/h2-4,6-7,15,17,19H,5,8-14H2,1H3;2*1H. The molecule has 2 aliphatic heterocycles. The minimum atomic E-state index is 0. The Balaban J connectivity index is 0.00000144. The predicted octanol–water partition coefficient (Wildman–Crippen LogP) is 2.71. The Morgan fingerprint density at radius 3 is 2.58 bits per heavy atom. The number of amides is 1. The van der Waals surface area contributed by atoms with Crippen molar-refractivity contribution in [3.8, 4) is 0 Å². The summed E-state index contributed by atoms with van der Waals surface area (Å²) in [4.78, 5) is 17.0. The number of nitrogens with zero attached hydrogens (tertiary/aromatic N) is 2. The summed E-state index contributed by atoms with van der Waals surface area (Å²) in [7, 11) is 0. The normalized spacial score (nSPS) is 24.1.